The van der Waals surface area contributed by atoms with Crippen molar-refractivity contribution in [1.29, 1.82) is 0 Å². The fourth-order valence-electron chi connectivity index (χ4n) is 3.28. The standard InChI is InChI=1S/2C12H10N4.4N3.2Zn/c2*1-2-11(15-6-4-13-9-15)8-12(3-1)16-7-5-14-10-16;4*1-3-2;;/h2*1-10H;;;;;;/q;;4*-1;2*+2. The molecule has 0 radical (unpaired) electrons. The zero-order valence-corrected chi connectivity index (χ0v) is 29.8. The first kappa shape index (κ1) is 41.9. The minimum Gasteiger partial charge on any atom is -0.373 e. The van der Waals surface area contributed by atoms with Gasteiger partial charge in [0, 0.05) is 72.3 Å². The van der Waals surface area contributed by atoms with Crippen LogP contribution in [0.15, 0.2) is 123 Å². The van der Waals surface area contributed by atoms with Gasteiger partial charge in [-0.25, -0.2) is 19.9 Å². The summed E-state index contributed by atoms with van der Waals surface area (Å²) in [5, 5.41) is 0. The number of rotatable bonds is 4. The molecular weight excluding hydrogens is 699 g/mol. The van der Waals surface area contributed by atoms with E-state index in [2.05, 4.69) is 32.1 Å². The topological polar surface area (TPSA) is 306 Å². The Morgan fingerprint density at radius 1 is 0.391 bits per heavy atom. The third kappa shape index (κ3) is 15.3. The molecule has 0 fully saturated rings. The largest absolute Gasteiger partial charge is 2.00 e. The van der Waals surface area contributed by atoms with Crippen LogP contribution in [0, 0.1) is 0 Å². The third-order valence-corrected chi connectivity index (χ3v) is 4.87. The summed E-state index contributed by atoms with van der Waals surface area (Å²) in [7, 11) is 0. The summed E-state index contributed by atoms with van der Waals surface area (Å²) < 4.78 is 7.89. The molecule has 6 rings (SSSR count). The van der Waals surface area contributed by atoms with Crippen LogP contribution < -0.4 is 0 Å². The number of hydrogen-bond donors (Lipinski definition) is 0. The van der Waals surface area contributed by atoms with E-state index < -0.39 is 0 Å². The van der Waals surface area contributed by atoms with E-state index in [1.165, 1.54) is 19.6 Å². The Labute approximate surface area is 286 Å². The van der Waals surface area contributed by atoms with E-state index >= 15 is 0 Å². The van der Waals surface area contributed by atoms with E-state index in [0.717, 1.165) is 22.7 Å². The Bertz CT molecular complexity index is 1490. The molecule has 0 unspecified atom stereocenters. The number of hydrogen-bond acceptors (Lipinski definition) is 4. The van der Waals surface area contributed by atoms with Gasteiger partial charge >= 0.3 is 39.0 Å². The summed E-state index contributed by atoms with van der Waals surface area (Å²) in [6, 6.07) is 16.4. The summed E-state index contributed by atoms with van der Waals surface area (Å²) in [4.78, 5) is 22.1. The van der Waals surface area contributed by atoms with Gasteiger partial charge < -0.3 is 62.5 Å². The summed E-state index contributed by atoms with van der Waals surface area (Å²) in [5.41, 5.74) is 58.3. The molecule has 0 aliphatic carbocycles. The van der Waals surface area contributed by atoms with Crippen molar-refractivity contribution in [2.24, 2.45) is 0 Å². The van der Waals surface area contributed by atoms with Crippen molar-refractivity contribution in [3.8, 4) is 22.7 Å². The number of benzene rings is 2. The predicted molar refractivity (Wildman–Crippen MR) is 162 cm³/mol. The van der Waals surface area contributed by atoms with E-state index in [1.807, 2.05) is 79.5 Å². The maximum atomic E-state index is 6.75. The van der Waals surface area contributed by atoms with E-state index in [9.17, 15) is 0 Å². The zero-order valence-electron chi connectivity index (χ0n) is 23.9. The van der Waals surface area contributed by atoms with Crippen LogP contribution in [-0.2, 0) is 39.0 Å². The van der Waals surface area contributed by atoms with Crippen LogP contribution in [0.5, 0.6) is 0 Å². The van der Waals surface area contributed by atoms with Gasteiger partial charge in [-0.05, 0) is 36.4 Å². The first-order valence-corrected chi connectivity index (χ1v) is 11.6. The second-order valence-electron chi connectivity index (χ2n) is 7.28. The Morgan fingerprint density at radius 3 is 0.739 bits per heavy atom. The molecule has 4 aromatic heterocycles. The fraction of sp³-hybridized carbons (Fsp3) is 0. The van der Waals surface area contributed by atoms with Crippen molar-refractivity contribution in [1.82, 2.24) is 38.2 Å². The Hall–Kier alpha value is -6.23. The number of imidazole rings is 4. The van der Waals surface area contributed by atoms with Gasteiger partial charge in [0.15, 0.2) is 0 Å². The van der Waals surface area contributed by atoms with Crippen LogP contribution in [0.3, 0.4) is 0 Å². The molecule has 220 valence electrons. The molecule has 6 aromatic rings. The molecule has 0 saturated carbocycles. The summed E-state index contributed by atoms with van der Waals surface area (Å²) in [6.07, 6.45) is 21.9. The Balaban J connectivity index is 0. The van der Waals surface area contributed by atoms with Gasteiger partial charge in [0.05, 0.1) is 25.3 Å². The van der Waals surface area contributed by atoms with Crippen molar-refractivity contribution in [3.05, 3.63) is 187 Å². The second-order valence-corrected chi connectivity index (χ2v) is 7.28. The molecule has 0 amide bonds. The second kappa shape index (κ2) is 26.4. The average Bonchev–Trinajstić information content (AvgIpc) is 3.87. The first-order chi connectivity index (χ1) is 21.5. The fourth-order valence-corrected chi connectivity index (χ4v) is 3.28. The molecule has 0 aliphatic heterocycles. The van der Waals surface area contributed by atoms with Crippen LogP contribution >= 0.6 is 0 Å². The van der Waals surface area contributed by atoms with Gasteiger partial charge in [-0.1, -0.05) is 12.1 Å². The average molecular weight is 719 g/mol. The SMILES string of the molecule is [N-]=[N+]=[N-].[N-]=[N+]=[N-].[N-]=[N+]=[N-].[N-]=[N+]=[N-].[Zn+2].[Zn+2].c1cc(-n2ccnc2)cc(-n2ccnc2)c1.c1cc(-n2ccnc2)cc(-n2ccnc2)c1. The minimum absolute atomic E-state index is 0. The van der Waals surface area contributed by atoms with Crippen LogP contribution in [0.1, 0.15) is 0 Å². The molecule has 4 heterocycles. The van der Waals surface area contributed by atoms with Crippen molar-refractivity contribution < 1.29 is 39.0 Å². The molecule has 0 aliphatic rings. The normalized spacial score (nSPS) is 8.00. The predicted octanol–water partition coefficient (Wildman–Crippen LogP) is 7.58. The number of nitrogens with zero attached hydrogens (tertiary/aromatic N) is 20. The van der Waals surface area contributed by atoms with Crippen molar-refractivity contribution in [2.75, 3.05) is 0 Å². The van der Waals surface area contributed by atoms with Crippen molar-refractivity contribution in [3.63, 3.8) is 0 Å². The van der Waals surface area contributed by atoms with Gasteiger partial charge in [0.1, 0.15) is 0 Å². The van der Waals surface area contributed by atoms with E-state index in [4.69, 9.17) is 44.2 Å². The summed E-state index contributed by atoms with van der Waals surface area (Å²) >= 11 is 0. The van der Waals surface area contributed by atoms with Crippen LogP contribution in [0.4, 0.5) is 0 Å². The van der Waals surface area contributed by atoms with Crippen LogP contribution in [-0.4, -0.2) is 38.2 Å². The molecule has 0 N–H and O–H groups in total. The Morgan fingerprint density at radius 2 is 0.587 bits per heavy atom. The zero-order chi connectivity index (χ0) is 32.4. The molecule has 46 heavy (non-hydrogen) atoms. The Kier molecular flexibility index (Phi) is 24.0. The van der Waals surface area contributed by atoms with Crippen LogP contribution in [0.25, 0.3) is 86.6 Å². The molecule has 0 spiro atoms. The van der Waals surface area contributed by atoms with Crippen molar-refractivity contribution in [2.45, 2.75) is 0 Å². The van der Waals surface area contributed by atoms with Crippen molar-refractivity contribution >= 4 is 0 Å². The van der Waals surface area contributed by atoms with Gasteiger partial charge in [-0.3, -0.25) is 19.6 Å². The minimum atomic E-state index is 0. The molecule has 0 saturated heterocycles. The first-order valence-electron chi connectivity index (χ1n) is 11.6. The summed E-state index contributed by atoms with van der Waals surface area (Å²) in [5.74, 6) is 0. The molecular formula is C24H20N20Zn2. The quantitative estimate of drug-likeness (QED) is 0.0769. The molecule has 0 atom stereocenters. The van der Waals surface area contributed by atoms with Gasteiger partial charge in [0.2, 0.25) is 0 Å². The number of aromatic nitrogens is 8. The summed E-state index contributed by atoms with van der Waals surface area (Å²) in [6.45, 7) is 0. The third-order valence-electron chi connectivity index (χ3n) is 4.87. The van der Waals surface area contributed by atoms with Gasteiger partial charge in [-0.15, -0.1) is 0 Å². The van der Waals surface area contributed by atoms with Crippen LogP contribution in [0.2, 0.25) is 0 Å². The van der Waals surface area contributed by atoms with E-state index in [1.54, 1.807) is 50.1 Å². The van der Waals surface area contributed by atoms with Gasteiger partial charge in [0.25, 0.3) is 0 Å². The van der Waals surface area contributed by atoms with E-state index in [0.29, 0.717) is 0 Å². The monoisotopic (exact) mass is 716 g/mol. The molecule has 0 bridgehead atoms. The van der Waals surface area contributed by atoms with E-state index in [-0.39, 0.29) is 39.0 Å². The maximum Gasteiger partial charge on any atom is 2.00 e. The molecule has 20 nitrogen and oxygen atoms in total. The molecule has 2 aromatic carbocycles. The molecule has 22 heteroatoms. The maximum absolute atomic E-state index is 6.75. The smallest absolute Gasteiger partial charge is 0.373 e. The van der Waals surface area contributed by atoms with Gasteiger partial charge in [-0.2, -0.15) is 0 Å².